The number of rotatable bonds is 5. The molecule has 1 fully saturated rings. The minimum absolute atomic E-state index is 0.503. The van der Waals surface area contributed by atoms with Crippen molar-refractivity contribution in [2.45, 2.75) is 52.6 Å². The lowest BCUT2D eigenvalue weighted by Crippen LogP contribution is -2.29. The van der Waals surface area contributed by atoms with E-state index < -0.39 is 0 Å². The molecule has 1 aliphatic carbocycles. The minimum Gasteiger partial charge on any atom is -0.311 e. The van der Waals surface area contributed by atoms with Crippen LogP contribution in [0.2, 0.25) is 0 Å². The molecule has 0 saturated heterocycles. The van der Waals surface area contributed by atoms with Crippen molar-refractivity contribution in [3.8, 4) is 0 Å². The first kappa shape index (κ1) is 13.6. The second-order valence-corrected chi connectivity index (χ2v) is 6.40. The Labute approximate surface area is 121 Å². The highest BCUT2D eigenvalue weighted by atomic mass is 15.3. The zero-order valence-electron chi connectivity index (χ0n) is 12.7. The van der Waals surface area contributed by atoms with Crippen LogP contribution < -0.4 is 5.32 Å². The number of para-hydroxylation sites is 1. The molecule has 1 aliphatic rings. The smallest absolute Gasteiger partial charge is 0.0841 e. The highest BCUT2D eigenvalue weighted by molar-refractivity contribution is 5.81. The van der Waals surface area contributed by atoms with Crippen LogP contribution in [0.5, 0.6) is 0 Å². The van der Waals surface area contributed by atoms with Crippen molar-refractivity contribution in [2.75, 3.05) is 6.54 Å². The Bertz CT molecular complexity index is 579. The summed E-state index contributed by atoms with van der Waals surface area (Å²) >= 11 is 0. The zero-order valence-corrected chi connectivity index (χ0v) is 12.7. The molecular weight excluding hydrogens is 246 g/mol. The first-order valence-corrected chi connectivity index (χ1v) is 7.87. The van der Waals surface area contributed by atoms with Crippen molar-refractivity contribution < 1.29 is 0 Å². The number of fused-ring (bicyclic) bond motifs is 1. The Morgan fingerprint density at radius 2 is 2.00 bits per heavy atom. The van der Waals surface area contributed by atoms with E-state index in [1.165, 1.54) is 42.3 Å². The van der Waals surface area contributed by atoms with Crippen LogP contribution in [0.1, 0.15) is 45.2 Å². The average molecular weight is 271 g/mol. The number of nitrogens with one attached hydrogen (secondary N) is 1. The molecule has 3 heteroatoms. The molecule has 108 valence electrons. The molecule has 1 N–H and O–H groups in total. The average Bonchev–Trinajstić information content (AvgIpc) is 3.04. The van der Waals surface area contributed by atoms with Crippen LogP contribution in [0.25, 0.3) is 10.9 Å². The molecule has 0 amide bonds. The lowest BCUT2D eigenvalue weighted by atomic mass is 9.89. The van der Waals surface area contributed by atoms with Gasteiger partial charge in [0.2, 0.25) is 0 Å². The topological polar surface area (TPSA) is 29.9 Å². The molecule has 3 rings (SSSR count). The second kappa shape index (κ2) is 5.57. The van der Waals surface area contributed by atoms with E-state index in [0.717, 1.165) is 19.6 Å². The predicted octanol–water partition coefficient (Wildman–Crippen LogP) is 3.73. The molecule has 0 unspecified atom stereocenters. The van der Waals surface area contributed by atoms with Crippen LogP contribution in [-0.4, -0.2) is 16.3 Å². The summed E-state index contributed by atoms with van der Waals surface area (Å²) < 4.78 is 2.10. The summed E-state index contributed by atoms with van der Waals surface area (Å²) in [5, 5.41) is 9.68. The molecule has 0 spiro atoms. The summed E-state index contributed by atoms with van der Waals surface area (Å²) in [6.07, 6.45) is 5.52. The maximum Gasteiger partial charge on any atom is 0.0841 e. The van der Waals surface area contributed by atoms with E-state index in [0.29, 0.717) is 5.41 Å². The van der Waals surface area contributed by atoms with Gasteiger partial charge in [-0.15, -0.1) is 0 Å². The van der Waals surface area contributed by atoms with Crippen molar-refractivity contribution in [1.82, 2.24) is 15.1 Å². The van der Waals surface area contributed by atoms with Crippen molar-refractivity contribution >= 4 is 10.9 Å². The minimum atomic E-state index is 0.503. The predicted molar refractivity (Wildman–Crippen MR) is 83.7 cm³/mol. The summed E-state index contributed by atoms with van der Waals surface area (Å²) in [6, 6.07) is 8.54. The number of aromatic nitrogens is 2. The molecule has 0 radical (unpaired) electrons. The van der Waals surface area contributed by atoms with Gasteiger partial charge in [-0.2, -0.15) is 5.10 Å². The second-order valence-electron chi connectivity index (χ2n) is 6.40. The third-order valence-corrected chi connectivity index (χ3v) is 4.69. The maximum absolute atomic E-state index is 4.75. The van der Waals surface area contributed by atoms with Crippen LogP contribution in [0, 0.1) is 5.41 Å². The number of nitrogens with zero attached hydrogens (tertiary/aromatic N) is 2. The quantitative estimate of drug-likeness (QED) is 0.898. The van der Waals surface area contributed by atoms with Gasteiger partial charge >= 0.3 is 0 Å². The molecule has 1 aromatic carbocycles. The highest BCUT2D eigenvalue weighted by Crippen LogP contribution is 2.36. The van der Waals surface area contributed by atoms with Crippen molar-refractivity contribution in [2.24, 2.45) is 5.41 Å². The van der Waals surface area contributed by atoms with Gasteiger partial charge in [0.15, 0.2) is 0 Å². The Morgan fingerprint density at radius 3 is 2.75 bits per heavy atom. The number of hydrogen-bond acceptors (Lipinski definition) is 2. The summed E-state index contributed by atoms with van der Waals surface area (Å²) in [4.78, 5) is 0. The van der Waals surface area contributed by atoms with Crippen LogP contribution >= 0.6 is 0 Å². The lowest BCUT2D eigenvalue weighted by Gasteiger charge is -2.23. The molecule has 3 nitrogen and oxygen atoms in total. The molecule has 1 heterocycles. The Balaban J connectivity index is 1.71. The van der Waals surface area contributed by atoms with Gasteiger partial charge < -0.3 is 5.32 Å². The molecule has 0 atom stereocenters. The first-order chi connectivity index (χ1) is 9.72. The van der Waals surface area contributed by atoms with E-state index in [4.69, 9.17) is 5.10 Å². The van der Waals surface area contributed by atoms with E-state index >= 15 is 0 Å². The highest BCUT2D eigenvalue weighted by Gasteiger charge is 2.28. The maximum atomic E-state index is 4.75. The van der Waals surface area contributed by atoms with E-state index in [2.05, 4.69) is 48.1 Å². The third kappa shape index (κ3) is 2.59. The van der Waals surface area contributed by atoms with Crippen LogP contribution in [0.15, 0.2) is 24.3 Å². The van der Waals surface area contributed by atoms with Crippen LogP contribution in [0.4, 0.5) is 0 Å². The van der Waals surface area contributed by atoms with E-state index in [1.807, 2.05) is 0 Å². The fraction of sp³-hybridized carbons (Fsp3) is 0.588. The molecule has 2 aromatic rings. The fourth-order valence-corrected chi connectivity index (χ4v) is 3.46. The standard InChI is InChI=1S/C17H25N3/c1-3-20-16-9-5-4-8-14(16)15(19-20)12-18-13-17(2)10-6-7-11-17/h4-5,8-9,18H,3,6-7,10-13H2,1-2H3. The fourth-order valence-electron chi connectivity index (χ4n) is 3.46. The van der Waals surface area contributed by atoms with Gasteiger partial charge in [-0.05, 0) is 31.2 Å². The van der Waals surface area contributed by atoms with Crippen LogP contribution in [0.3, 0.4) is 0 Å². The van der Waals surface area contributed by atoms with Crippen LogP contribution in [-0.2, 0) is 13.1 Å². The number of aryl methyl sites for hydroxylation is 1. The number of hydrogen-bond donors (Lipinski definition) is 1. The van der Waals surface area contributed by atoms with Gasteiger partial charge in [-0.1, -0.05) is 38.0 Å². The van der Waals surface area contributed by atoms with Gasteiger partial charge in [0, 0.05) is 25.0 Å². The van der Waals surface area contributed by atoms with Gasteiger partial charge in [0.25, 0.3) is 0 Å². The monoisotopic (exact) mass is 271 g/mol. The molecule has 1 aromatic heterocycles. The van der Waals surface area contributed by atoms with E-state index in [1.54, 1.807) is 0 Å². The lowest BCUT2D eigenvalue weighted by molar-refractivity contribution is 0.314. The summed E-state index contributed by atoms with van der Waals surface area (Å²) in [6.45, 7) is 7.48. The molecule has 0 aliphatic heterocycles. The summed E-state index contributed by atoms with van der Waals surface area (Å²) in [5.41, 5.74) is 2.94. The SMILES string of the molecule is CCn1nc(CNCC2(C)CCCC2)c2ccccc21. The van der Waals surface area contributed by atoms with Crippen molar-refractivity contribution in [1.29, 1.82) is 0 Å². The van der Waals surface area contributed by atoms with E-state index in [9.17, 15) is 0 Å². The Kier molecular flexibility index (Phi) is 3.79. The van der Waals surface area contributed by atoms with Gasteiger partial charge in [0.1, 0.15) is 0 Å². The van der Waals surface area contributed by atoms with Gasteiger partial charge in [-0.25, -0.2) is 0 Å². The molecule has 1 saturated carbocycles. The molecule has 20 heavy (non-hydrogen) atoms. The van der Waals surface area contributed by atoms with Crippen molar-refractivity contribution in [3.05, 3.63) is 30.0 Å². The molecule has 0 bridgehead atoms. The normalized spacial score (nSPS) is 17.9. The summed E-state index contributed by atoms with van der Waals surface area (Å²) in [7, 11) is 0. The van der Waals surface area contributed by atoms with E-state index in [-0.39, 0.29) is 0 Å². The van der Waals surface area contributed by atoms with Gasteiger partial charge in [-0.3, -0.25) is 4.68 Å². The Morgan fingerprint density at radius 1 is 1.25 bits per heavy atom. The first-order valence-electron chi connectivity index (χ1n) is 7.87. The largest absolute Gasteiger partial charge is 0.311 e. The third-order valence-electron chi connectivity index (χ3n) is 4.69. The molecular formula is C17H25N3. The van der Waals surface area contributed by atoms with Gasteiger partial charge in [0.05, 0.1) is 11.2 Å². The number of benzene rings is 1. The Hall–Kier alpha value is -1.35. The summed E-state index contributed by atoms with van der Waals surface area (Å²) in [5.74, 6) is 0. The van der Waals surface area contributed by atoms with Crippen molar-refractivity contribution in [3.63, 3.8) is 0 Å². The zero-order chi connectivity index (χ0) is 14.0.